The SMILES string of the molecule is CC1(CN2Cc3cc(-c4ccc([C@@H]5NC(=O)NC5=O)cc4)ccc3C2=O)NC(=O)NC1=O.COc1ccc2c(c1)C(=O)N(C)C2. The van der Waals surface area contributed by atoms with Gasteiger partial charge in [0, 0.05) is 31.3 Å². The molecule has 2 fully saturated rings. The Morgan fingerprint density at radius 2 is 1.53 bits per heavy atom. The van der Waals surface area contributed by atoms with Crippen LogP contribution >= 0.6 is 0 Å². The minimum absolute atomic E-state index is 0.0668. The molecule has 2 saturated heterocycles. The van der Waals surface area contributed by atoms with E-state index in [1.165, 1.54) is 0 Å². The van der Waals surface area contributed by atoms with Crippen LogP contribution in [0.25, 0.3) is 11.1 Å². The van der Waals surface area contributed by atoms with Crippen LogP contribution < -0.4 is 26.0 Å². The van der Waals surface area contributed by atoms with Crippen molar-refractivity contribution in [1.82, 2.24) is 31.1 Å². The second-order valence-corrected chi connectivity index (χ2v) is 11.5. The maximum atomic E-state index is 12.8. The van der Waals surface area contributed by atoms with E-state index in [4.69, 9.17) is 4.74 Å². The molecule has 13 heteroatoms. The van der Waals surface area contributed by atoms with Crippen molar-refractivity contribution in [3.8, 4) is 16.9 Å². The van der Waals surface area contributed by atoms with E-state index in [2.05, 4.69) is 21.3 Å². The van der Waals surface area contributed by atoms with E-state index >= 15 is 0 Å². The number of rotatable bonds is 5. The van der Waals surface area contributed by atoms with Gasteiger partial charge in [0.25, 0.3) is 23.6 Å². The Labute approximate surface area is 257 Å². The number of imide groups is 2. The third-order valence-corrected chi connectivity index (χ3v) is 8.26. The molecule has 0 saturated carbocycles. The molecule has 8 amide bonds. The normalized spacial score (nSPS) is 21.4. The van der Waals surface area contributed by atoms with Crippen molar-refractivity contribution in [3.05, 3.63) is 88.5 Å². The highest BCUT2D eigenvalue weighted by Gasteiger charge is 2.45. The Kier molecular flexibility index (Phi) is 7.23. The van der Waals surface area contributed by atoms with Crippen LogP contribution in [-0.2, 0) is 22.7 Å². The zero-order valence-corrected chi connectivity index (χ0v) is 24.7. The first-order chi connectivity index (χ1) is 21.5. The lowest BCUT2D eigenvalue weighted by Crippen LogP contribution is -2.52. The molecule has 2 atom stereocenters. The highest BCUT2D eigenvalue weighted by Crippen LogP contribution is 2.31. The van der Waals surface area contributed by atoms with Gasteiger partial charge in [0.15, 0.2) is 0 Å². The molecular weight excluding hydrogens is 580 g/mol. The molecule has 0 radical (unpaired) electrons. The molecule has 4 N–H and O–H groups in total. The number of nitrogens with zero attached hydrogens (tertiary/aromatic N) is 2. The molecule has 1 unspecified atom stereocenters. The Bertz CT molecular complexity index is 1790. The summed E-state index contributed by atoms with van der Waals surface area (Å²) in [5, 5.41) is 9.55. The number of fused-ring (bicyclic) bond motifs is 2. The third kappa shape index (κ3) is 5.44. The summed E-state index contributed by atoms with van der Waals surface area (Å²) in [5.74, 6) is -0.227. The summed E-state index contributed by atoms with van der Waals surface area (Å²) in [6, 6.07) is 16.6. The second-order valence-electron chi connectivity index (χ2n) is 11.5. The topological polar surface area (TPSA) is 166 Å². The molecule has 13 nitrogen and oxygen atoms in total. The maximum Gasteiger partial charge on any atom is 0.322 e. The van der Waals surface area contributed by atoms with E-state index in [1.807, 2.05) is 36.4 Å². The van der Waals surface area contributed by atoms with E-state index in [-0.39, 0.29) is 24.3 Å². The molecule has 4 aliphatic heterocycles. The molecule has 3 aromatic rings. The van der Waals surface area contributed by atoms with Crippen LogP contribution in [0, 0.1) is 0 Å². The molecular formula is C32H30N6O7. The monoisotopic (exact) mass is 610 g/mol. The summed E-state index contributed by atoms with van der Waals surface area (Å²) >= 11 is 0. The number of ether oxygens (including phenoxy) is 1. The zero-order chi connectivity index (χ0) is 32.0. The Balaban J connectivity index is 0.000000229. The van der Waals surface area contributed by atoms with Gasteiger partial charge in [-0.2, -0.15) is 0 Å². The smallest absolute Gasteiger partial charge is 0.322 e. The van der Waals surface area contributed by atoms with Crippen LogP contribution in [0.1, 0.15) is 50.4 Å². The molecule has 0 aliphatic carbocycles. The van der Waals surface area contributed by atoms with Crippen LogP contribution in [0.15, 0.2) is 60.7 Å². The summed E-state index contributed by atoms with van der Waals surface area (Å²) in [4.78, 5) is 74.4. The highest BCUT2D eigenvalue weighted by atomic mass is 16.5. The molecule has 4 aliphatic rings. The molecule has 4 heterocycles. The molecule has 0 aromatic heterocycles. The largest absolute Gasteiger partial charge is 0.497 e. The van der Waals surface area contributed by atoms with Gasteiger partial charge in [0.2, 0.25) is 0 Å². The fourth-order valence-electron chi connectivity index (χ4n) is 5.83. The van der Waals surface area contributed by atoms with Crippen LogP contribution in [0.4, 0.5) is 9.59 Å². The summed E-state index contributed by atoms with van der Waals surface area (Å²) in [6.45, 7) is 2.69. The molecule has 3 aromatic carbocycles. The highest BCUT2D eigenvalue weighted by molar-refractivity contribution is 6.08. The van der Waals surface area contributed by atoms with Crippen molar-refractivity contribution in [2.24, 2.45) is 0 Å². The van der Waals surface area contributed by atoms with Gasteiger partial charge in [0.1, 0.15) is 17.3 Å². The molecule has 7 rings (SSSR count). The minimum atomic E-state index is -1.17. The van der Waals surface area contributed by atoms with Gasteiger partial charge in [-0.05, 0) is 59.0 Å². The van der Waals surface area contributed by atoms with E-state index in [0.717, 1.165) is 33.6 Å². The lowest BCUT2D eigenvalue weighted by atomic mass is 9.98. The van der Waals surface area contributed by atoms with Gasteiger partial charge < -0.3 is 25.2 Å². The van der Waals surface area contributed by atoms with Crippen molar-refractivity contribution >= 4 is 35.7 Å². The van der Waals surface area contributed by atoms with Gasteiger partial charge >= 0.3 is 12.1 Å². The standard InChI is InChI=1S/C22H19N5O5.C10H11NO2/c1-22(19(30)25-21(32)26-22)10-27-9-14-8-13(6-7-15(14)18(27)29)11-2-4-12(5-3-11)16-17(28)24-20(31)23-16;1-11-6-7-3-4-8(13-2)5-9(7)10(11)12/h2-8,16H,9-10H2,1H3,(H2,23,24,28,31)(H2,25,26,30,32);3-5H,6H2,1-2H3/t16-,22?;/m0./s1. The van der Waals surface area contributed by atoms with E-state index in [1.54, 1.807) is 55.1 Å². The van der Waals surface area contributed by atoms with Crippen LogP contribution in [-0.4, -0.2) is 71.7 Å². The summed E-state index contributed by atoms with van der Waals surface area (Å²) in [5.41, 5.74) is 4.51. The van der Waals surface area contributed by atoms with Crippen LogP contribution in [0.2, 0.25) is 0 Å². The number of nitrogens with one attached hydrogen (secondary N) is 4. The van der Waals surface area contributed by atoms with Crippen molar-refractivity contribution in [3.63, 3.8) is 0 Å². The van der Waals surface area contributed by atoms with Gasteiger partial charge in [-0.1, -0.05) is 36.4 Å². The van der Waals surface area contributed by atoms with Gasteiger partial charge in [-0.3, -0.25) is 29.8 Å². The van der Waals surface area contributed by atoms with E-state index in [0.29, 0.717) is 24.2 Å². The molecule has 0 bridgehead atoms. The quantitative estimate of drug-likeness (QED) is 0.321. The first-order valence-electron chi connectivity index (χ1n) is 14.2. The molecule has 0 spiro atoms. The predicted octanol–water partition coefficient (Wildman–Crippen LogP) is 2.07. The Morgan fingerprint density at radius 3 is 2.18 bits per heavy atom. The maximum absolute atomic E-state index is 12.8. The summed E-state index contributed by atoms with van der Waals surface area (Å²) in [7, 11) is 3.40. The van der Waals surface area contributed by atoms with Gasteiger partial charge in [-0.15, -0.1) is 0 Å². The van der Waals surface area contributed by atoms with Crippen molar-refractivity contribution in [2.45, 2.75) is 31.6 Å². The lowest BCUT2D eigenvalue weighted by Gasteiger charge is -2.26. The minimum Gasteiger partial charge on any atom is -0.497 e. The van der Waals surface area contributed by atoms with E-state index < -0.39 is 29.6 Å². The number of urea groups is 2. The fourth-order valence-corrected chi connectivity index (χ4v) is 5.83. The fraction of sp³-hybridized carbons (Fsp3) is 0.250. The van der Waals surface area contributed by atoms with Crippen molar-refractivity contribution < 1.29 is 33.5 Å². The first-order valence-corrected chi connectivity index (χ1v) is 14.2. The second kappa shape index (κ2) is 11.1. The van der Waals surface area contributed by atoms with E-state index in [9.17, 15) is 28.8 Å². The average molecular weight is 611 g/mol. The number of carbonyl (C=O) groups is 6. The van der Waals surface area contributed by atoms with Crippen molar-refractivity contribution in [1.29, 1.82) is 0 Å². The Hall–Kier alpha value is -5.72. The average Bonchev–Trinajstić information content (AvgIpc) is 3.70. The molecule has 45 heavy (non-hydrogen) atoms. The van der Waals surface area contributed by atoms with Crippen LogP contribution in [0.3, 0.4) is 0 Å². The van der Waals surface area contributed by atoms with Crippen molar-refractivity contribution in [2.75, 3.05) is 20.7 Å². The number of carbonyl (C=O) groups excluding carboxylic acids is 6. The molecule has 230 valence electrons. The number of hydrogen-bond acceptors (Lipinski definition) is 7. The first kappa shape index (κ1) is 29.4. The summed E-state index contributed by atoms with van der Waals surface area (Å²) in [6.07, 6.45) is 0. The number of methoxy groups -OCH3 is 1. The number of benzene rings is 3. The van der Waals surface area contributed by atoms with Gasteiger partial charge in [0.05, 0.1) is 13.7 Å². The number of amides is 8. The zero-order valence-electron chi connectivity index (χ0n) is 24.7. The number of hydrogen-bond donors (Lipinski definition) is 4. The Morgan fingerprint density at radius 1 is 0.800 bits per heavy atom. The van der Waals surface area contributed by atoms with Gasteiger partial charge in [-0.25, -0.2) is 9.59 Å². The predicted molar refractivity (Wildman–Crippen MR) is 160 cm³/mol. The van der Waals surface area contributed by atoms with Crippen LogP contribution in [0.5, 0.6) is 5.75 Å². The third-order valence-electron chi connectivity index (χ3n) is 8.26. The summed E-state index contributed by atoms with van der Waals surface area (Å²) < 4.78 is 5.05. The lowest BCUT2D eigenvalue weighted by molar-refractivity contribution is -0.124.